The molecule has 0 saturated carbocycles. The summed E-state index contributed by atoms with van der Waals surface area (Å²) in [5.74, 6) is -0.116. The monoisotopic (exact) mass is 298 g/mol. The minimum Gasteiger partial charge on any atom is -0.335 e. The number of anilines is 2. The van der Waals surface area contributed by atoms with Crippen molar-refractivity contribution >= 4 is 23.2 Å². The molecule has 1 aromatic heterocycles. The van der Waals surface area contributed by atoms with Gasteiger partial charge in [0.05, 0.1) is 6.33 Å². The number of aryl methyl sites for hydroxylation is 1. The minimum atomic E-state index is -0.115. The fourth-order valence-electron chi connectivity index (χ4n) is 2.68. The number of nitrogens with one attached hydrogen (secondary N) is 2. The third kappa shape index (κ3) is 3.16. The van der Waals surface area contributed by atoms with Crippen LogP contribution in [0.25, 0.3) is 0 Å². The molecule has 0 aliphatic carbocycles. The molecule has 2 amide bonds. The first-order chi connectivity index (χ1) is 10.6. The van der Waals surface area contributed by atoms with E-state index in [2.05, 4.69) is 20.2 Å². The molecule has 0 radical (unpaired) electrons. The van der Waals surface area contributed by atoms with Crippen molar-refractivity contribution in [2.45, 2.75) is 26.3 Å². The van der Waals surface area contributed by atoms with Crippen molar-refractivity contribution < 1.29 is 9.59 Å². The van der Waals surface area contributed by atoms with Gasteiger partial charge in [-0.3, -0.25) is 9.59 Å². The van der Waals surface area contributed by atoms with Crippen LogP contribution < -0.4 is 10.6 Å². The Balaban J connectivity index is 1.61. The zero-order valence-electron chi connectivity index (χ0n) is 12.4. The Morgan fingerprint density at radius 1 is 1.18 bits per heavy atom. The normalized spacial score (nSPS) is 16.7. The van der Waals surface area contributed by atoms with Crippen LogP contribution in [0.4, 0.5) is 11.4 Å². The third-order valence-electron chi connectivity index (χ3n) is 3.82. The van der Waals surface area contributed by atoms with Gasteiger partial charge in [0.25, 0.3) is 0 Å². The molecule has 1 atom stereocenters. The van der Waals surface area contributed by atoms with E-state index in [1.54, 1.807) is 24.3 Å². The van der Waals surface area contributed by atoms with E-state index in [0.717, 1.165) is 30.8 Å². The molecule has 0 fully saturated rings. The molecule has 3 rings (SSSR count). The molecule has 22 heavy (non-hydrogen) atoms. The van der Waals surface area contributed by atoms with Crippen LogP contribution in [-0.2, 0) is 22.6 Å². The molecular formula is C16H18N4O2. The number of fused-ring (bicyclic) bond motifs is 1. The van der Waals surface area contributed by atoms with Gasteiger partial charge >= 0.3 is 0 Å². The summed E-state index contributed by atoms with van der Waals surface area (Å²) in [7, 11) is 0. The molecule has 2 heterocycles. The fourth-order valence-corrected chi connectivity index (χ4v) is 2.68. The Morgan fingerprint density at radius 2 is 1.86 bits per heavy atom. The zero-order valence-corrected chi connectivity index (χ0v) is 12.4. The number of nitrogens with zero attached hydrogens (tertiary/aromatic N) is 2. The van der Waals surface area contributed by atoms with Crippen LogP contribution >= 0.6 is 0 Å². The molecule has 6 nitrogen and oxygen atoms in total. The summed E-state index contributed by atoms with van der Waals surface area (Å²) in [5, 5.41) is 5.63. The van der Waals surface area contributed by atoms with Crippen molar-refractivity contribution in [1.29, 1.82) is 0 Å². The van der Waals surface area contributed by atoms with Crippen LogP contribution in [0.2, 0.25) is 0 Å². The van der Waals surface area contributed by atoms with Crippen LogP contribution in [0.1, 0.15) is 19.0 Å². The molecule has 2 N–H and O–H groups in total. The number of carbonyl (C=O) groups excluding carboxylic acids is 2. The SMILES string of the molecule is CC(=O)Nc1ccc(NC(=O)C2CCn3cncc3C2)cc1. The molecule has 1 aromatic carbocycles. The molecule has 6 heteroatoms. The van der Waals surface area contributed by atoms with Gasteiger partial charge in [-0.15, -0.1) is 0 Å². The number of rotatable bonds is 3. The number of imidazole rings is 1. The largest absolute Gasteiger partial charge is 0.335 e. The molecular weight excluding hydrogens is 280 g/mol. The highest BCUT2D eigenvalue weighted by molar-refractivity contribution is 5.93. The van der Waals surface area contributed by atoms with Crippen molar-refractivity contribution in [2.24, 2.45) is 5.92 Å². The highest BCUT2D eigenvalue weighted by Crippen LogP contribution is 2.22. The standard InChI is InChI=1S/C16H18N4O2/c1-11(21)18-13-2-4-14(5-3-13)19-16(22)12-6-7-20-10-17-9-15(20)8-12/h2-5,9-10,12H,6-8H2,1H3,(H,18,21)(H,19,22). The molecule has 0 saturated heterocycles. The first-order valence-corrected chi connectivity index (χ1v) is 7.29. The smallest absolute Gasteiger partial charge is 0.227 e. The summed E-state index contributed by atoms with van der Waals surface area (Å²) >= 11 is 0. The van der Waals surface area contributed by atoms with Gasteiger partial charge in [0.2, 0.25) is 11.8 Å². The first-order valence-electron chi connectivity index (χ1n) is 7.29. The predicted octanol–water partition coefficient (Wildman–Crippen LogP) is 2.04. The fraction of sp³-hybridized carbons (Fsp3) is 0.312. The van der Waals surface area contributed by atoms with Gasteiger partial charge in [-0.1, -0.05) is 0 Å². The van der Waals surface area contributed by atoms with E-state index >= 15 is 0 Å². The summed E-state index contributed by atoms with van der Waals surface area (Å²) in [5.41, 5.74) is 2.55. The number of aromatic nitrogens is 2. The van der Waals surface area contributed by atoms with E-state index < -0.39 is 0 Å². The summed E-state index contributed by atoms with van der Waals surface area (Å²) < 4.78 is 2.09. The maximum atomic E-state index is 12.4. The van der Waals surface area contributed by atoms with E-state index in [-0.39, 0.29) is 17.7 Å². The van der Waals surface area contributed by atoms with E-state index in [9.17, 15) is 9.59 Å². The van der Waals surface area contributed by atoms with Crippen molar-refractivity contribution in [3.63, 3.8) is 0 Å². The second-order valence-electron chi connectivity index (χ2n) is 5.52. The maximum Gasteiger partial charge on any atom is 0.227 e. The van der Waals surface area contributed by atoms with Gasteiger partial charge in [-0.05, 0) is 30.7 Å². The summed E-state index contributed by atoms with van der Waals surface area (Å²) in [6.45, 7) is 2.29. The number of benzene rings is 1. The molecule has 1 unspecified atom stereocenters. The quantitative estimate of drug-likeness (QED) is 0.910. The van der Waals surface area contributed by atoms with E-state index in [4.69, 9.17) is 0 Å². The number of carbonyl (C=O) groups is 2. The summed E-state index contributed by atoms with van der Waals surface area (Å²) in [6, 6.07) is 7.12. The molecule has 0 bridgehead atoms. The van der Waals surface area contributed by atoms with E-state index in [1.807, 2.05) is 12.5 Å². The van der Waals surface area contributed by atoms with E-state index in [1.165, 1.54) is 6.92 Å². The number of amides is 2. The van der Waals surface area contributed by atoms with Crippen molar-refractivity contribution in [3.05, 3.63) is 42.5 Å². The average Bonchev–Trinajstić information content (AvgIpc) is 2.96. The maximum absolute atomic E-state index is 12.4. The van der Waals surface area contributed by atoms with Crippen LogP contribution in [-0.4, -0.2) is 21.4 Å². The first kappa shape index (κ1) is 14.3. The molecule has 1 aliphatic rings. The molecule has 1 aliphatic heterocycles. The van der Waals surface area contributed by atoms with Gasteiger partial charge in [0, 0.05) is 49.1 Å². The number of hydrogen-bond acceptors (Lipinski definition) is 3. The lowest BCUT2D eigenvalue weighted by Crippen LogP contribution is -2.29. The topological polar surface area (TPSA) is 76.0 Å². The Bertz CT molecular complexity index is 690. The van der Waals surface area contributed by atoms with Gasteiger partial charge in [-0.2, -0.15) is 0 Å². The van der Waals surface area contributed by atoms with Crippen molar-refractivity contribution in [3.8, 4) is 0 Å². The predicted molar refractivity (Wildman–Crippen MR) is 83.4 cm³/mol. The summed E-state index contributed by atoms with van der Waals surface area (Å²) in [4.78, 5) is 27.4. The zero-order chi connectivity index (χ0) is 15.5. The van der Waals surface area contributed by atoms with Crippen LogP contribution in [0.15, 0.2) is 36.8 Å². The van der Waals surface area contributed by atoms with Gasteiger partial charge in [0.1, 0.15) is 0 Å². The average molecular weight is 298 g/mol. The second-order valence-corrected chi connectivity index (χ2v) is 5.52. The lowest BCUT2D eigenvalue weighted by molar-refractivity contribution is -0.120. The highest BCUT2D eigenvalue weighted by atomic mass is 16.2. The Labute approximate surface area is 128 Å². The Kier molecular flexibility index (Phi) is 3.91. The summed E-state index contributed by atoms with van der Waals surface area (Å²) in [6.07, 6.45) is 5.17. The Morgan fingerprint density at radius 3 is 2.55 bits per heavy atom. The van der Waals surface area contributed by atoms with Gasteiger partial charge < -0.3 is 15.2 Å². The van der Waals surface area contributed by atoms with Crippen molar-refractivity contribution in [2.75, 3.05) is 10.6 Å². The molecule has 114 valence electrons. The van der Waals surface area contributed by atoms with E-state index in [0.29, 0.717) is 5.69 Å². The van der Waals surface area contributed by atoms with Gasteiger partial charge in [0.15, 0.2) is 0 Å². The van der Waals surface area contributed by atoms with Crippen molar-refractivity contribution in [1.82, 2.24) is 9.55 Å². The lowest BCUT2D eigenvalue weighted by Gasteiger charge is -2.23. The number of hydrogen-bond donors (Lipinski definition) is 2. The highest BCUT2D eigenvalue weighted by Gasteiger charge is 2.24. The minimum absolute atomic E-state index is 0.0275. The van der Waals surface area contributed by atoms with Crippen LogP contribution in [0.5, 0.6) is 0 Å². The third-order valence-corrected chi connectivity index (χ3v) is 3.82. The molecule has 2 aromatic rings. The lowest BCUT2D eigenvalue weighted by atomic mass is 9.95. The van der Waals surface area contributed by atoms with Gasteiger partial charge in [-0.25, -0.2) is 4.98 Å². The van der Waals surface area contributed by atoms with Crippen LogP contribution in [0, 0.1) is 5.92 Å². The second kappa shape index (κ2) is 6.01. The molecule has 0 spiro atoms. The van der Waals surface area contributed by atoms with Crippen LogP contribution in [0.3, 0.4) is 0 Å². The Hall–Kier alpha value is -2.63.